The fraction of sp³-hybridized carbons (Fsp3) is 0.600. The Labute approximate surface area is 122 Å². The Hall–Kier alpha value is -1.11. The van der Waals surface area contributed by atoms with Crippen molar-refractivity contribution in [1.82, 2.24) is 10.2 Å². The van der Waals surface area contributed by atoms with E-state index < -0.39 is 17.5 Å². The van der Waals surface area contributed by atoms with Crippen LogP contribution < -0.4 is 5.32 Å². The minimum absolute atomic E-state index is 0.0921. The summed E-state index contributed by atoms with van der Waals surface area (Å²) in [6.45, 7) is 3.50. The molecule has 1 aromatic rings. The third-order valence-electron chi connectivity index (χ3n) is 3.98. The van der Waals surface area contributed by atoms with Crippen molar-refractivity contribution in [3.8, 4) is 0 Å². The Morgan fingerprint density at radius 2 is 1.90 bits per heavy atom. The number of morpholine rings is 1. The van der Waals surface area contributed by atoms with Crippen LogP contribution in [0.25, 0.3) is 0 Å². The second kappa shape index (κ2) is 6.34. The first-order valence-electron chi connectivity index (χ1n) is 7.33. The number of halogens is 3. The van der Waals surface area contributed by atoms with Crippen LogP contribution in [-0.2, 0) is 11.3 Å². The van der Waals surface area contributed by atoms with Gasteiger partial charge in [0.1, 0.15) is 0 Å². The maximum atomic E-state index is 13.1. The summed E-state index contributed by atoms with van der Waals surface area (Å²) in [4.78, 5) is 2.44. The highest BCUT2D eigenvalue weighted by Gasteiger charge is 2.32. The molecule has 3 rings (SSSR count). The maximum absolute atomic E-state index is 13.1. The Balaban J connectivity index is 1.47. The largest absolute Gasteiger partial charge is 0.374 e. The summed E-state index contributed by atoms with van der Waals surface area (Å²) in [5, 5.41) is 3.12. The topological polar surface area (TPSA) is 24.5 Å². The second-order valence-corrected chi connectivity index (χ2v) is 5.72. The summed E-state index contributed by atoms with van der Waals surface area (Å²) in [6.07, 6.45) is 2.64. The van der Waals surface area contributed by atoms with Crippen molar-refractivity contribution in [1.29, 1.82) is 0 Å². The SMILES string of the molecule is Fc1cc(CNCC2CN(C3CC3)CCO2)cc(F)c1F. The van der Waals surface area contributed by atoms with E-state index in [-0.39, 0.29) is 12.6 Å². The number of nitrogens with zero attached hydrogens (tertiary/aromatic N) is 1. The molecule has 0 aromatic heterocycles. The van der Waals surface area contributed by atoms with Crippen LogP contribution in [0, 0.1) is 17.5 Å². The van der Waals surface area contributed by atoms with Crippen molar-refractivity contribution in [2.24, 2.45) is 0 Å². The van der Waals surface area contributed by atoms with Crippen LogP contribution in [0.3, 0.4) is 0 Å². The smallest absolute Gasteiger partial charge is 0.194 e. The lowest BCUT2D eigenvalue weighted by Crippen LogP contribution is -2.47. The monoisotopic (exact) mass is 300 g/mol. The molecule has 0 bridgehead atoms. The standard InChI is InChI=1S/C15H19F3N2O/c16-13-5-10(6-14(17)15(13)18)7-19-8-12-9-20(3-4-21-12)11-1-2-11/h5-6,11-12,19H,1-4,7-9H2. The van der Waals surface area contributed by atoms with Gasteiger partial charge in [0.15, 0.2) is 17.5 Å². The summed E-state index contributed by atoms with van der Waals surface area (Å²) < 4.78 is 44.7. The van der Waals surface area contributed by atoms with Gasteiger partial charge in [0, 0.05) is 32.2 Å². The lowest BCUT2D eigenvalue weighted by molar-refractivity contribution is -0.0301. The molecular weight excluding hydrogens is 281 g/mol. The van der Waals surface area contributed by atoms with Crippen LogP contribution in [0.2, 0.25) is 0 Å². The van der Waals surface area contributed by atoms with E-state index >= 15 is 0 Å². The molecule has 1 atom stereocenters. The quantitative estimate of drug-likeness (QED) is 0.843. The van der Waals surface area contributed by atoms with Crippen LogP contribution in [0.5, 0.6) is 0 Å². The molecule has 1 heterocycles. The van der Waals surface area contributed by atoms with Gasteiger partial charge in [-0.3, -0.25) is 4.90 Å². The van der Waals surface area contributed by atoms with Crippen molar-refractivity contribution in [3.63, 3.8) is 0 Å². The summed E-state index contributed by atoms with van der Waals surface area (Å²) in [6, 6.07) is 2.75. The normalized spacial score (nSPS) is 23.5. The van der Waals surface area contributed by atoms with E-state index in [0.717, 1.165) is 37.9 Å². The highest BCUT2D eigenvalue weighted by Crippen LogP contribution is 2.28. The molecule has 1 unspecified atom stereocenters. The highest BCUT2D eigenvalue weighted by molar-refractivity contribution is 5.19. The van der Waals surface area contributed by atoms with Gasteiger partial charge in [0.25, 0.3) is 0 Å². The van der Waals surface area contributed by atoms with Crippen molar-refractivity contribution in [3.05, 3.63) is 35.1 Å². The van der Waals surface area contributed by atoms with E-state index in [1.54, 1.807) is 0 Å². The summed E-state index contributed by atoms with van der Waals surface area (Å²) >= 11 is 0. The molecule has 116 valence electrons. The number of nitrogens with one attached hydrogen (secondary N) is 1. The molecule has 1 aliphatic carbocycles. The fourth-order valence-corrected chi connectivity index (χ4v) is 2.72. The van der Waals surface area contributed by atoms with Gasteiger partial charge in [-0.2, -0.15) is 0 Å². The molecule has 3 nitrogen and oxygen atoms in total. The summed E-state index contributed by atoms with van der Waals surface area (Å²) in [5.41, 5.74) is 0.390. The molecule has 1 aromatic carbocycles. The molecule has 0 amide bonds. The molecule has 1 saturated carbocycles. The van der Waals surface area contributed by atoms with Crippen molar-refractivity contribution in [2.45, 2.75) is 31.5 Å². The first-order chi connectivity index (χ1) is 10.1. The van der Waals surface area contributed by atoms with E-state index in [1.165, 1.54) is 12.8 Å². The summed E-state index contributed by atoms with van der Waals surface area (Å²) in [5.74, 6) is -3.73. The lowest BCUT2D eigenvalue weighted by atomic mass is 10.2. The average molecular weight is 300 g/mol. The molecule has 1 N–H and O–H groups in total. The molecule has 2 aliphatic rings. The van der Waals surface area contributed by atoms with E-state index in [2.05, 4.69) is 10.2 Å². The Kier molecular flexibility index (Phi) is 4.47. The molecule has 1 aliphatic heterocycles. The first kappa shape index (κ1) is 14.8. The Morgan fingerprint density at radius 1 is 1.19 bits per heavy atom. The van der Waals surface area contributed by atoms with E-state index in [1.807, 2.05) is 0 Å². The number of benzene rings is 1. The van der Waals surface area contributed by atoms with Gasteiger partial charge < -0.3 is 10.1 Å². The van der Waals surface area contributed by atoms with Crippen LogP contribution in [0.15, 0.2) is 12.1 Å². The molecular formula is C15H19F3N2O. The van der Waals surface area contributed by atoms with Gasteiger partial charge in [0.2, 0.25) is 0 Å². The van der Waals surface area contributed by atoms with Crippen molar-refractivity contribution < 1.29 is 17.9 Å². The molecule has 0 spiro atoms. The number of hydrogen-bond acceptors (Lipinski definition) is 3. The second-order valence-electron chi connectivity index (χ2n) is 5.72. The van der Waals surface area contributed by atoms with Gasteiger partial charge in [-0.15, -0.1) is 0 Å². The van der Waals surface area contributed by atoms with Crippen LogP contribution in [0.4, 0.5) is 13.2 Å². The Morgan fingerprint density at radius 3 is 2.57 bits per heavy atom. The van der Waals surface area contributed by atoms with Gasteiger partial charge >= 0.3 is 0 Å². The lowest BCUT2D eigenvalue weighted by Gasteiger charge is -2.33. The van der Waals surface area contributed by atoms with Crippen LogP contribution in [0.1, 0.15) is 18.4 Å². The molecule has 6 heteroatoms. The minimum atomic E-state index is -1.42. The zero-order chi connectivity index (χ0) is 14.8. The first-order valence-corrected chi connectivity index (χ1v) is 7.33. The van der Waals surface area contributed by atoms with Crippen molar-refractivity contribution >= 4 is 0 Å². The Bertz CT molecular complexity index is 485. The molecule has 2 fully saturated rings. The molecule has 1 saturated heterocycles. The van der Waals surface area contributed by atoms with Gasteiger partial charge in [-0.1, -0.05) is 0 Å². The van der Waals surface area contributed by atoms with E-state index in [4.69, 9.17) is 4.74 Å². The fourth-order valence-electron chi connectivity index (χ4n) is 2.72. The predicted octanol–water partition coefficient (Wildman–Crippen LogP) is 2.06. The van der Waals surface area contributed by atoms with Gasteiger partial charge in [-0.05, 0) is 30.5 Å². The number of rotatable bonds is 5. The third kappa shape index (κ3) is 3.75. The average Bonchev–Trinajstić information content (AvgIpc) is 3.30. The third-order valence-corrected chi connectivity index (χ3v) is 3.98. The maximum Gasteiger partial charge on any atom is 0.194 e. The molecule has 0 radical (unpaired) electrons. The number of ether oxygens (including phenoxy) is 1. The van der Waals surface area contributed by atoms with Crippen LogP contribution in [-0.4, -0.2) is 43.3 Å². The predicted molar refractivity (Wildman–Crippen MR) is 72.4 cm³/mol. The van der Waals surface area contributed by atoms with Gasteiger partial charge in [-0.25, -0.2) is 13.2 Å². The van der Waals surface area contributed by atoms with Gasteiger partial charge in [0.05, 0.1) is 12.7 Å². The zero-order valence-corrected chi connectivity index (χ0v) is 11.7. The van der Waals surface area contributed by atoms with Crippen LogP contribution >= 0.6 is 0 Å². The minimum Gasteiger partial charge on any atom is -0.374 e. The zero-order valence-electron chi connectivity index (χ0n) is 11.7. The van der Waals surface area contributed by atoms with E-state index in [9.17, 15) is 13.2 Å². The molecule has 21 heavy (non-hydrogen) atoms. The van der Waals surface area contributed by atoms with Crippen molar-refractivity contribution in [2.75, 3.05) is 26.2 Å². The summed E-state index contributed by atoms with van der Waals surface area (Å²) in [7, 11) is 0. The van der Waals surface area contributed by atoms with E-state index in [0.29, 0.717) is 12.1 Å². The highest BCUT2D eigenvalue weighted by atomic mass is 19.2. The number of hydrogen-bond donors (Lipinski definition) is 1.